The van der Waals surface area contributed by atoms with Crippen molar-refractivity contribution in [3.05, 3.63) is 30.3 Å². The number of thioether (sulfide) groups is 1. The van der Waals surface area contributed by atoms with Crippen LogP contribution in [-0.2, 0) is 9.53 Å². The molecule has 0 aliphatic carbocycles. The summed E-state index contributed by atoms with van der Waals surface area (Å²) in [6, 6.07) is 9.96. The highest BCUT2D eigenvalue weighted by molar-refractivity contribution is 7.99. The van der Waals surface area contributed by atoms with Crippen LogP contribution in [0.3, 0.4) is 0 Å². The molecule has 1 fully saturated rings. The van der Waals surface area contributed by atoms with Crippen LogP contribution in [0.25, 0.3) is 0 Å². The van der Waals surface area contributed by atoms with Gasteiger partial charge in [-0.3, -0.25) is 4.79 Å². The Balaban J connectivity index is 1.66. The smallest absolute Gasteiger partial charge is 0.239 e. The summed E-state index contributed by atoms with van der Waals surface area (Å²) in [7, 11) is 0. The molecule has 0 spiro atoms. The largest absolute Gasteiger partial charge is 0.375 e. The van der Waals surface area contributed by atoms with Crippen LogP contribution in [0.4, 0.5) is 0 Å². The Morgan fingerprint density at radius 2 is 2.26 bits per heavy atom. The molecule has 0 aromatic heterocycles. The molecule has 5 heteroatoms. The van der Waals surface area contributed by atoms with Crippen LogP contribution in [0.1, 0.15) is 6.92 Å². The van der Waals surface area contributed by atoms with Crippen molar-refractivity contribution < 1.29 is 9.53 Å². The second-order valence-corrected chi connectivity index (χ2v) is 5.63. The highest BCUT2D eigenvalue weighted by atomic mass is 32.2. The van der Waals surface area contributed by atoms with Gasteiger partial charge in [0.2, 0.25) is 5.91 Å². The second-order valence-electron chi connectivity index (χ2n) is 4.46. The molecule has 19 heavy (non-hydrogen) atoms. The van der Waals surface area contributed by atoms with E-state index in [1.165, 1.54) is 4.90 Å². The number of amides is 1. The molecule has 1 heterocycles. The van der Waals surface area contributed by atoms with Crippen LogP contribution in [0.5, 0.6) is 0 Å². The highest BCUT2D eigenvalue weighted by Crippen LogP contribution is 2.15. The van der Waals surface area contributed by atoms with Gasteiger partial charge in [-0.25, -0.2) is 0 Å². The number of carbonyl (C=O) groups is 1. The molecule has 0 saturated carbocycles. The maximum atomic E-state index is 12.0. The summed E-state index contributed by atoms with van der Waals surface area (Å²) in [6.45, 7) is 4.01. The van der Waals surface area contributed by atoms with E-state index in [9.17, 15) is 4.79 Å². The number of ether oxygens (including phenoxy) is 1. The number of hydrogen-bond donors (Lipinski definition) is 2. The van der Waals surface area contributed by atoms with E-state index in [4.69, 9.17) is 4.74 Å². The number of hydrogen-bond acceptors (Lipinski definition) is 4. The predicted molar refractivity (Wildman–Crippen MR) is 77.4 cm³/mol. The van der Waals surface area contributed by atoms with E-state index in [1.54, 1.807) is 11.8 Å². The minimum atomic E-state index is -0.226. The van der Waals surface area contributed by atoms with E-state index in [0.29, 0.717) is 13.2 Å². The summed E-state index contributed by atoms with van der Waals surface area (Å²) in [4.78, 5) is 13.2. The minimum absolute atomic E-state index is 0.0286. The molecular weight excluding hydrogens is 260 g/mol. The molecular formula is C14H20N2O2S. The van der Waals surface area contributed by atoms with Crippen molar-refractivity contribution in [1.82, 2.24) is 10.6 Å². The first-order valence-electron chi connectivity index (χ1n) is 6.58. The van der Waals surface area contributed by atoms with Gasteiger partial charge in [0.25, 0.3) is 0 Å². The van der Waals surface area contributed by atoms with Gasteiger partial charge in [0.1, 0.15) is 6.04 Å². The molecule has 104 valence electrons. The highest BCUT2D eigenvalue weighted by Gasteiger charge is 2.27. The lowest BCUT2D eigenvalue weighted by molar-refractivity contribution is -0.128. The average Bonchev–Trinajstić information content (AvgIpc) is 2.45. The molecule has 2 N–H and O–H groups in total. The molecule has 0 unspecified atom stereocenters. The molecule has 0 bridgehead atoms. The lowest BCUT2D eigenvalue weighted by atomic mass is 10.1. The summed E-state index contributed by atoms with van der Waals surface area (Å²) in [5.41, 5.74) is 0. The first-order valence-corrected chi connectivity index (χ1v) is 7.56. The molecule has 1 aliphatic rings. The van der Waals surface area contributed by atoms with Gasteiger partial charge in [0.05, 0.1) is 12.7 Å². The molecule has 1 aromatic carbocycles. The molecule has 0 radical (unpaired) electrons. The van der Waals surface area contributed by atoms with Crippen molar-refractivity contribution >= 4 is 17.7 Å². The van der Waals surface area contributed by atoms with Gasteiger partial charge in [0.15, 0.2) is 0 Å². The van der Waals surface area contributed by atoms with Crippen LogP contribution in [-0.4, -0.2) is 43.5 Å². The van der Waals surface area contributed by atoms with Crippen LogP contribution in [0.2, 0.25) is 0 Å². The third-order valence-corrected chi connectivity index (χ3v) is 4.03. The third kappa shape index (κ3) is 4.53. The lowest BCUT2D eigenvalue weighted by Gasteiger charge is -2.29. The van der Waals surface area contributed by atoms with Crippen molar-refractivity contribution in [2.45, 2.75) is 24.0 Å². The zero-order valence-corrected chi connectivity index (χ0v) is 11.9. The molecule has 1 aromatic rings. The van der Waals surface area contributed by atoms with Crippen molar-refractivity contribution in [2.24, 2.45) is 0 Å². The van der Waals surface area contributed by atoms with Crippen LogP contribution in [0.15, 0.2) is 35.2 Å². The predicted octanol–water partition coefficient (Wildman–Crippen LogP) is 1.27. The van der Waals surface area contributed by atoms with Crippen LogP contribution >= 0.6 is 11.8 Å². The summed E-state index contributed by atoms with van der Waals surface area (Å²) >= 11 is 1.74. The van der Waals surface area contributed by atoms with Crippen molar-refractivity contribution in [1.29, 1.82) is 0 Å². The van der Waals surface area contributed by atoms with Crippen molar-refractivity contribution in [3.8, 4) is 0 Å². The number of rotatable bonds is 5. The fourth-order valence-electron chi connectivity index (χ4n) is 2.00. The van der Waals surface area contributed by atoms with Crippen molar-refractivity contribution in [3.63, 3.8) is 0 Å². The Hall–Kier alpha value is -1.04. The van der Waals surface area contributed by atoms with Crippen LogP contribution < -0.4 is 10.6 Å². The first kappa shape index (κ1) is 14.4. The van der Waals surface area contributed by atoms with Gasteiger partial charge in [0, 0.05) is 23.7 Å². The molecule has 2 atom stereocenters. The Kier molecular flexibility index (Phi) is 5.69. The number of morpholine rings is 1. The van der Waals surface area contributed by atoms with E-state index >= 15 is 0 Å². The number of nitrogens with one attached hydrogen (secondary N) is 2. The Labute approximate surface area is 118 Å². The summed E-state index contributed by atoms with van der Waals surface area (Å²) < 4.78 is 5.46. The monoisotopic (exact) mass is 280 g/mol. The fourth-order valence-corrected chi connectivity index (χ4v) is 2.79. The van der Waals surface area contributed by atoms with Crippen molar-refractivity contribution in [2.75, 3.05) is 25.4 Å². The Morgan fingerprint density at radius 3 is 3.00 bits per heavy atom. The normalized spacial score (nSPS) is 23.0. The van der Waals surface area contributed by atoms with E-state index < -0.39 is 0 Å². The topological polar surface area (TPSA) is 50.4 Å². The van der Waals surface area contributed by atoms with Gasteiger partial charge < -0.3 is 15.4 Å². The maximum absolute atomic E-state index is 12.0. The summed E-state index contributed by atoms with van der Waals surface area (Å²) in [6.07, 6.45) is -0.0597. The maximum Gasteiger partial charge on any atom is 0.239 e. The quantitative estimate of drug-likeness (QED) is 0.630. The van der Waals surface area contributed by atoms with E-state index in [-0.39, 0.29) is 18.1 Å². The summed E-state index contributed by atoms with van der Waals surface area (Å²) in [5.74, 6) is 0.901. The van der Waals surface area contributed by atoms with Crippen LogP contribution in [0, 0.1) is 0 Å². The zero-order chi connectivity index (χ0) is 13.5. The molecule has 4 nitrogen and oxygen atoms in total. The van der Waals surface area contributed by atoms with Gasteiger partial charge in [-0.1, -0.05) is 18.2 Å². The number of carbonyl (C=O) groups excluding carboxylic acids is 1. The molecule has 1 aliphatic heterocycles. The zero-order valence-electron chi connectivity index (χ0n) is 11.1. The summed E-state index contributed by atoms with van der Waals surface area (Å²) in [5, 5.41) is 6.13. The minimum Gasteiger partial charge on any atom is -0.375 e. The fraction of sp³-hybridized carbons (Fsp3) is 0.500. The van der Waals surface area contributed by atoms with Gasteiger partial charge in [-0.2, -0.15) is 0 Å². The lowest BCUT2D eigenvalue weighted by Crippen LogP contribution is -2.55. The van der Waals surface area contributed by atoms with Gasteiger partial charge >= 0.3 is 0 Å². The van der Waals surface area contributed by atoms with Gasteiger partial charge in [-0.15, -0.1) is 11.8 Å². The molecule has 2 rings (SSSR count). The SMILES string of the molecule is C[C@H]1OCCN[C@@H]1C(=O)NCCSc1ccccc1. The Morgan fingerprint density at radius 1 is 1.47 bits per heavy atom. The second kappa shape index (κ2) is 7.53. The third-order valence-electron chi connectivity index (χ3n) is 3.01. The molecule has 1 saturated heterocycles. The van der Waals surface area contributed by atoms with Gasteiger partial charge in [-0.05, 0) is 19.1 Å². The standard InChI is InChI=1S/C14H20N2O2S/c1-11-13(15-7-9-18-11)14(17)16-8-10-19-12-5-3-2-4-6-12/h2-6,11,13,15H,7-10H2,1H3,(H,16,17)/t11-,13+/m1/s1. The first-order chi connectivity index (χ1) is 9.27. The average molecular weight is 280 g/mol. The van der Waals surface area contributed by atoms with E-state index in [2.05, 4.69) is 22.8 Å². The number of benzene rings is 1. The van der Waals surface area contributed by atoms with E-state index in [1.807, 2.05) is 25.1 Å². The van der Waals surface area contributed by atoms with E-state index in [0.717, 1.165) is 12.3 Å². The molecule has 1 amide bonds. The Bertz CT molecular complexity index is 400.